The van der Waals surface area contributed by atoms with E-state index in [1.54, 1.807) is 5.56 Å². The van der Waals surface area contributed by atoms with E-state index >= 15 is 0 Å². The second-order valence-corrected chi connectivity index (χ2v) is 5.76. The summed E-state index contributed by atoms with van der Waals surface area (Å²) in [6.45, 7) is 4.51. The predicted octanol–water partition coefficient (Wildman–Crippen LogP) is 5.46. The first kappa shape index (κ1) is 12.7. The van der Waals surface area contributed by atoms with E-state index in [1.807, 2.05) is 0 Å². The van der Waals surface area contributed by atoms with Crippen molar-refractivity contribution in [3.63, 3.8) is 0 Å². The molecule has 1 aromatic rings. The van der Waals surface area contributed by atoms with Crippen molar-refractivity contribution in [2.75, 3.05) is 0 Å². The van der Waals surface area contributed by atoms with Crippen LogP contribution in [0.4, 0.5) is 0 Å². The summed E-state index contributed by atoms with van der Waals surface area (Å²) >= 11 is 0. The van der Waals surface area contributed by atoms with E-state index < -0.39 is 0 Å². The van der Waals surface area contributed by atoms with Gasteiger partial charge in [-0.15, -0.1) is 0 Å². The van der Waals surface area contributed by atoms with E-state index in [0.29, 0.717) is 0 Å². The van der Waals surface area contributed by atoms with Gasteiger partial charge >= 0.3 is 0 Å². The lowest BCUT2D eigenvalue weighted by molar-refractivity contribution is 0.315. The summed E-state index contributed by atoms with van der Waals surface area (Å²) in [6, 6.07) is 9.20. The Kier molecular flexibility index (Phi) is 4.65. The van der Waals surface area contributed by atoms with Crippen molar-refractivity contribution in [2.24, 2.45) is 5.92 Å². The summed E-state index contributed by atoms with van der Waals surface area (Å²) in [5.74, 6) is 1.79. The summed E-state index contributed by atoms with van der Waals surface area (Å²) in [7, 11) is 0. The molecule has 1 saturated carbocycles. The zero-order chi connectivity index (χ0) is 12.1. The van der Waals surface area contributed by atoms with Crippen LogP contribution in [-0.2, 0) is 0 Å². The zero-order valence-electron chi connectivity index (χ0n) is 11.4. The third kappa shape index (κ3) is 3.59. The second-order valence-electron chi connectivity index (χ2n) is 5.76. The van der Waals surface area contributed by atoms with Crippen LogP contribution in [0.15, 0.2) is 24.3 Å². The monoisotopic (exact) mass is 230 g/mol. The van der Waals surface area contributed by atoms with Gasteiger partial charge in [0.05, 0.1) is 0 Å². The topological polar surface area (TPSA) is 0 Å². The molecule has 0 heteroatoms. The van der Waals surface area contributed by atoms with E-state index in [4.69, 9.17) is 0 Å². The largest absolute Gasteiger partial charge is 0.0648 e. The minimum Gasteiger partial charge on any atom is -0.0648 e. The van der Waals surface area contributed by atoms with E-state index in [9.17, 15) is 0 Å². The highest BCUT2D eigenvalue weighted by molar-refractivity contribution is 5.24. The summed E-state index contributed by atoms with van der Waals surface area (Å²) in [5.41, 5.74) is 2.94. The second kappa shape index (κ2) is 6.23. The lowest BCUT2D eigenvalue weighted by Crippen LogP contribution is -2.11. The van der Waals surface area contributed by atoms with Gasteiger partial charge < -0.3 is 0 Å². The maximum Gasteiger partial charge on any atom is -0.0162 e. The predicted molar refractivity (Wildman–Crippen MR) is 75.4 cm³/mol. The standard InChI is InChI=1S/C17H26/c1-3-16(13-15-7-5-4-6-8-15)17-11-9-14(2)10-12-17/h9-12,15-16H,3-8,13H2,1-2H3. The molecule has 1 fully saturated rings. The van der Waals surface area contributed by atoms with Crippen LogP contribution in [0.3, 0.4) is 0 Å². The lowest BCUT2D eigenvalue weighted by atomic mass is 9.79. The lowest BCUT2D eigenvalue weighted by Gasteiger charge is -2.26. The van der Waals surface area contributed by atoms with Gasteiger partial charge in [0, 0.05) is 0 Å². The highest BCUT2D eigenvalue weighted by Crippen LogP contribution is 2.34. The van der Waals surface area contributed by atoms with E-state index in [0.717, 1.165) is 11.8 Å². The van der Waals surface area contributed by atoms with E-state index in [2.05, 4.69) is 38.1 Å². The van der Waals surface area contributed by atoms with Crippen LogP contribution in [-0.4, -0.2) is 0 Å². The molecule has 1 atom stereocenters. The van der Waals surface area contributed by atoms with E-state index in [1.165, 1.54) is 50.5 Å². The molecule has 0 N–H and O–H groups in total. The van der Waals surface area contributed by atoms with Gasteiger partial charge in [-0.05, 0) is 37.2 Å². The molecule has 0 nitrogen and oxygen atoms in total. The van der Waals surface area contributed by atoms with Gasteiger partial charge in [0.25, 0.3) is 0 Å². The van der Waals surface area contributed by atoms with Crippen LogP contribution in [0, 0.1) is 12.8 Å². The third-order valence-electron chi connectivity index (χ3n) is 4.38. The van der Waals surface area contributed by atoms with Crippen LogP contribution in [0.2, 0.25) is 0 Å². The van der Waals surface area contributed by atoms with Crippen molar-refractivity contribution in [2.45, 2.75) is 64.7 Å². The first-order valence-corrected chi connectivity index (χ1v) is 7.36. The molecule has 1 aliphatic carbocycles. The quantitative estimate of drug-likeness (QED) is 0.644. The summed E-state index contributed by atoms with van der Waals surface area (Å²) in [6.07, 6.45) is 10.1. The molecule has 1 aliphatic rings. The van der Waals surface area contributed by atoms with Crippen molar-refractivity contribution in [1.82, 2.24) is 0 Å². The van der Waals surface area contributed by atoms with Gasteiger partial charge in [0.1, 0.15) is 0 Å². The number of hydrogen-bond acceptors (Lipinski definition) is 0. The van der Waals surface area contributed by atoms with Gasteiger partial charge in [-0.2, -0.15) is 0 Å². The SMILES string of the molecule is CCC(CC1CCCCC1)c1ccc(C)cc1. The molecule has 17 heavy (non-hydrogen) atoms. The molecule has 2 rings (SSSR count). The van der Waals surface area contributed by atoms with E-state index in [-0.39, 0.29) is 0 Å². The van der Waals surface area contributed by atoms with Gasteiger partial charge in [0.2, 0.25) is 0 Å². The molecule has 0 aliphatic heterocycles. The average Bonchev–Trinajstić information content (AvgIpc) is 2.38. The van der Waals surface area contributed by atoms with Crippen LogP contribution < -0.4 is 0 Å². The number of rotatable bonds is 4. The molecule has 1 aromatic carbocycles. The van der Waals surface area contributed by atoms with Crippen molar-refractivity contribution in [3.05, 3.63) is 35.4 Å². The average molecular weight is 230 g/mol. The van der Waals surface area contributed by atoms with Crippen molar-refractivity contribution in [1.29, 1.82) is 0 Å². The fourth-order valence-corrected chi connectivity index (χ4v) is 3.20. The summed E-state index contributed by atoms with van der Waals surface area (Å²) < 4.78 is 0. The highest BCUT2D eigenvalue weighted by Gasteiger charge is 2.18. The Hall–Kier alpha value is -0.780. The maximum absolute atomic E-state index is 2.34. The Morgan fingerprint density at radius 3 is 2.29 bits per heavy atom. The highest BCUT2D eigenvalue weighted by atomic mass is 14.2. The first-order valence-electron chi connectivity index (χ1n) is 7.36. The Bertz CT molecular complexity index is 316. The Morgan fingerprint density at radius 1 is 1.06 bits per heavy atom. The molecular weight excluding hydrogens is 204 g/mol. The number of hydrogen-bond donors (Lipinski definition) is 0. The van der Waals surface area contributed by atoms with Crippen molar-refractivity contribution in [3.8, 4) is 0 Å². The summed E-state index contributed by atoms with van der Waals surface area (Å²) in [4.78, 5) is 0. The Morgan fingerprint density at radius 2 is 1.71 bits per heavy atom. The van der Waals surface area contributed by atoms with Crippen molar-refractivity contribution >= 4 is 0 Å². The first-order chi connectivity index (χ1) is 8.29. The fraction of sp³-hybridized carbons (Fsp3) is 0.647. The van der Waals surface area contributed by atoms with Gasteiger partial charge in [-0.1, -0.05) is 68.9 Å². The molecule has 0 bridgehead atoms. The normalized spacial score (nSPS) is 19.2. The molecule has 0 radical (unpaired) electrons. The molecule has 94 valence electrons. The van der Waals surface area contributed by atoms with Crippen LogP contribution in [0.5, 0.6) is 0 Å². The fourth-order valence-electron chi connectivity index (χ4n) is 3.20. The molecule has 0 aromatic heterocycles. The maximum atomic E-state index is 2.34. The number of aryl methyl sites for hydroxylation is 1. The van der Waals surface area contributed by atoms with Gasteiger partial charge in [-0.3, -0.25) is 0 Å². The van der Waals surface area contributed by atoms with Crippen LogP contribution in [0.25, 0.3) is 0 Å². The molecule has 0 heterocycles. The minimum atomic E-state index is 0.790. The third-order valence-corrected chi connectivity index (χ3v) is 4.38. The smallest absolute Gasteiger partial charge is 0.0162 e. The van der Waals surface area contributed by atoms with Crippen LogP contribution in [0.1, 0.15) is 68.9 Å². The van der Waals surface area contributed by atoms with Crippen molar-refractivity contribution < 1.29 is 0 Å². The van der Waals surface area contributed by atoms with Gasteiger partial charge in [-0.25, -0.2) is 0 Å². The van der Waals surface area contributed by atoms with Crippen LogP contribution >= 0.6 is 0 Å². The molecule has 0 amide bonds. The number of benzene rings is 1. The zero-order valence-corrected chi connectivity index (χ0v) is 11.4. The Balaban J connectivity index is 1.97. The minimum absolute atomic E-state index is 0.790. The van der Waals surface area contributed by atoms with Gasteiger partial charge in [0.15, 0.2) is 0 Å². The molecule has 0 spiro atoms. The Labute approximate surface area is 106 Å². The molecular formula is C17H26. The summed E-state index contributed by atoms with van der Waals surface area (Å²) in [5, 5.41) is 0. The molecule has 1 unspecified atom stereocenters. The molecule has 0 saturated heterocycles.